The Balaban J connectivity index is 2.84. The first-order valence-corrected chi connectivity index (χ1v) is 8.78. The Hall–Kier alpha value is -1.63. The number of rotatable bonds is 4. The fraction of sp³-hybridized carbons (Fsp3) is 0.625. The van der Waals surface area contributed by atoms with E-state index >= 15 is 0 Å². The maximum Gasteiger partial charge on any atom is 0.332 e. The minimum absolute atomic E-state index is 0.259. The van der Waals surface area contributed by atoms with E-state index in [0.29, 0.717) is 21.9 Å². The van der Waals surface area contributed by atoms with Gasteiger partial charge in [-0.2, -0.15) is 0 Å². The summed E-state index contributed by atoms with van der Waals surface area (Å²) in [6, 6.07) is 0. The highest BCUT2D eigenvalue weighted by atomic mass is 32.2. The summed E-state index contributed by atoms with van der Waals surface area (Å²) < 4.78 is 2.55. The zero-order valence-electron chi connectivity index (χ0n) is 14.6. The van der Waals surface area contributed by atoms with Crippen molar-refractivity contribution in [1.82, 2.24) is 19.1 Å². The molecular formula is C16H24N4O2S. The highest BCUT2D eigenvalue weighted by Gasteiger charge is 2.23. The second-order valence-electron chi connectivity index (χ2n) is 6.71. The van der Waals surface area contributed by atoms with Crippen LogP contribution in [0.2, 0.25) is 0 Å². The van der Waals surface area contributed by atoms with Crippen molar-refractivity contribution in [1.29, 1.82) is 0 Å². The van der Waals surface area contributed by atoms with Gasteiger partial charge in [0.15, 0.2) is 5.65 Å². The molecule has 23 heavy (non-hydrogen) atoms. The van der Waals surface area contributed by atoms with Crippen molar-refractivity contribution in [3.8, 4) is 0 Å². The second-order valence-corrected chi connectivity index (χ2v) is 7.79. The second kappa shape index (κ2) is 6.47. The number of aryl methyl sites for hydroxylation is 1. The van der Waals surface area contributed by atoms with E-state index in [1.165, 1.54) is 11.6 Å². The standard InChI is InChI=1S/C16H24N4O2S/c1-7-8-9-23-12-10-11(17-14(18-12)16(2,3)4)19(5)15(22)20(6)13(10)21/h7-9H2,1-6H3. The summed E-state index contributed by atoms with van der Waals surface area (Å²) in [5.41, 5.74) is -0.545. The van der Waals surface area contributed by atoms with Gasteiger partial charge in [-0.3, -0.25) is 13.9 Å². The van der Waals surface area contributed by atoms with Crippen LogP contribution in [-0.2, 0) is 19.5 Å². The fourth-order valence-electron chi connectivity index (χ4n) is 2.18. The molecule has 2 rings (SSSR count). The predicted octanol–water partition coefficient (Wildman–Crippen LogP) is 2.22. The Kier molecular flexibility index (Phi) is 4.98. The molecule has 126 valence electrons. The first-order valence-electron chi connectivity index (χ1n) is 7.79. The van der Waals surface area contributed by atoms with Crippen molar-refractivity contribution in [2.24, 2.45) is 14.1 Å². The van der Waals surface area contributed by atoms with E-state index in [2.05, 4.69) is 16.9 Å². The monoisotopic (exact) mass is 336 g/mol. The van der Waals surface area contributed by atoms with Crippen LogP contribution < -0.4 is 11.2 Å². The Morgan fingerprint density at radius 2 is 1.74 bits per heavy atom. The van der Waals surface area contributed by atoms with Gasteiger partial charge in [0.25, 0.3) is 5.56 Å². The average molecular weight is 336 g/mol. The molecule has 7 heteroatoms. The highest BCUT2D eigenvalue weighted by Crippen LogP contribution is 2.27. The van der Waals surface area contributed by atoms with E-state index in [1.54, 1.807) is 18.8 Å². The lowest BCUT2D eigenvalue weighted by atomic mass is 9.96. The van der Waals surface area contributed by atoms with Gasteiger partial charge in [-0.1, -0.05) is 34.1 Å². The van der Waals surface area contributed by atoms with Crippen LogP contribution in [-0.4, -0.2) is 24.9 Å². The number of aromatic nitrogens is 4. The largest absolute Gasteiger partial charge is 0.332 e. The van der Waals surface area contributed by atoms with Crippen molar-refractivity contribution in [3.63, 3.8) is 0 Å². The molecular weight excluding hydrogens is 312 g/mol. The molecule has 0 atom stereocenters. The molecule has 2 aromatic rings. The molecule has 0 saturated heterocycles. The molecule has 0 aliphatic heterocycles. The van der Waals surface area contributed by atoms with Gasteiger partial charge in [0.2, 0.25) is 0 Å². The quantitative estimate of drug-likeness (QED) is 0.486. The van der Waals surface area contributed by atoms with Crippen LogP contribution in [0.15, 0.2) is 14.6 Å². The van der Waals surface area contributed by atoms with E-state index in [4.69, 9.17) is 0 Å². The number of fused-ring (bicyclic) bond motifs is 1. The number of hydrogen-bond acceptors (Lipinski definition) is 5. The third-order valence-electron chi connectivity index (χ3n) is 3.67. The summed E-state index contributed by atoms with van der Waals surface area (Å²) in [5, 5.41) is 1.10. The van der Waals surface area contributed by atoms with E-state index in [0.717, 1.165) is 23.2 Å². The molecule has 0 spiro atoms. The zero-order chi connectivity index (χ0) is 17.4. The Bertz CT molecular complexity index is 846. The fourth-order valence-corrected chi connectivity index (χ4v) is 3.28. The topological polar surface area (TPSA) is 69.8 Å². The lowest BCUT2D eigenvalue weighted by Crippen LogP contribution is -2.38. The smallest absolute Gasteiger partial charge is 0.280 e. The van der Waals surface area contributed by atoms with Crippen LogP contribution in [0.4, 0.5) is 0 Å². The normalized spacial score (nSPS) is 12.1. The molecule has 0 aliphatic carbocycles. The minimum Gasteiger partial charge on any atom is -0.280 e. The van der Waals surface area contributed by atoms with E-state index in [1.807, 2.05) is 20.8 Å². The van der Waals surface area contributed by atoms with Crippen molar-refractivity contribution in [2.45, 2.75) is 51.0 Å². The Morgan fingerprint density at radius 3 is 2.30 bits per heavy atom. The van der Waals surface area contributed by atoms with Gasteiger partial charge in [0.05, 0.1) is 0 Å². The lowest BCUT2D eigenvalue weighted by molar-refractivity contribution is 0.539. The predicted molar refractivity (Wildman–Crippen MR) is 94.4 cm³/mol. The van der Waals surface area contributed by atoms with Crippen molar-refractivity contribution in [2.75, 3.05) is 5.75 Å². The average Bonchev–Trinajstić information content (AvgIpc) is 2.49. The van der Waals surface area contributed by atoms with Crippen molar-refractivity contribution < 1.29 is 0 Å². The van der Waals surface area contributed by atoms with Gasteiger partial charge >= 0.3 is 5.69 Å². The van der Waals surface area contributed by atoms with Gasteiger partial charge in [-0.25, -0.2) is 14.8 Å². The molecule has 0 unspecified atom stereocenters. The van der Waals surface area contributed by atoms with Gasteiger partial charge in [0, 0.05) is 19.5 Å². The highest BCUT2D eigenvalue weighted by molar-refractivity contribution is 7.99. The first kappa shape index (κ1) is 17.7. The van der Waals surface area contributed by atoms with Crippen LogP contribution in [0.25, 0.3) is 11.0 Å². The molecule has 0 amide bonds. The van der Waals surface area contributed by atoms with Gasteiger partial charge in [0.1, 0.15) is 16.2 Å². The summed E-state index contributed by atoms with van der Waals surface area (Å²) in [6.45, 7) is 8.19. The van der Waals surface area contributed by atoms with E-state index in [9.17, 15) is 9.59 Å². The molecule has 0 fully saturated rings. The zero-order valence-corrected chi connectivity index (χ0v) is 15.5. The number of thioether (sulfide) groups is 1. The number of unbranched alkanes of at least 4 members (excludes halogenated alkanes) is 1. The Morgan fingerprint density at radius 1 is 1.09 bits per heavy atom. The summed E-state index contributed by atoms with van der Waals surface area (Å²) in [4.78, 5) is 33.9. The van der Waals surface area contributed by atoms with Crippen LogP contribution in [0.5, 0.6) is 0 Å². The SMILES string of the molecule is CCCCSc1nc(C(C)(C)C)nc2c1c(=O)n(C)c(=O)n2C. The molecule has 0 aromatic carbocycles. The van der Waals surface area contributed by atoms with E-state index < -0.39 is 0 Å². The molecule has 0 saturated carbocycles. The van der Waals surface area contributed by atoms with Gasteiger partial charge in [-0.15, -0.1) is 11.8 Å². The molecule has 2 aromatic heterocycles. The molecule has 0 radical (unpaired) electrons. The van der Waals surface area contributed by atoms with Crippen molar-refractivity contribution >= 4 is 22.8 Å². The summed E-state index contributed by atoms with van der Waals surface area (Å²) in [7, 11) is 3.13. The lowest BCUT2D eigenvalue weighted by Gasteiger charge is -2.19. The minimum atomic E-state index is -0.370. The van der Waals surface area contributed by atoms with Crippen LogP contribution in [0.1, 0.15) is 46.4 Å². The van der Waals surface area contributed by atoms with Crippen molar-refractivity contribution in [3.05, 3.63) is 26.7 Å². The summed E-state index contributed by atoms with van der Waals surface area (Å²) in [5.74, 6) is 1.53. The van der Waals surface area contributed by atoms with Gasteiger partial charge < -0.3 is 0 Å². The number of hydrogen-bond donors (Lipinski definition) is 0. The Labute approximate surface area is 140 Å². The molecule has 0 N–H and O–H groups in total. The van der Waals surface area contributed by atoms with E-state index in [-0.39, 0.29) is 16.7 Å². The summed E-state index contributed by atoms with van der Waals surface area (Å²) >= 11 is 1.56. The maximum absolute atomic E-state index is 12.6. The van der Waals surface area contributed by atoms with Gasteiger partial charge in [-0.05, 0) is 12.2 Å². The molecule has 2 heterocycles. The third kappa shape index (κ3) is 3.34. The maximum atomic E-state index is 12.6. The first-order chi connectivity index (χ1) is 10.7. The van der Waals surface area contributed by atoms with Crippen LogP contribution >= 0.6 is 11.8 Å². The van der Waals surface area contributed by atoms with Crippen LogP contribution in [0, 0.1) is 0 Å². The summed E-state index contributed by atoms with van der Waals surface area (Å²) in [6.07, 6.45) is 2.13. The molecule has 0 aliphatic rings. The molecule has 0 bridgehead atoms. The third-order valence-corrected chi connectivity index (χ3v) is 4.74. The number of nitrogens with zero attached hydrogens (tertiary/aromatic N) is 4. The molecule has 6 nitrogen and oxygen atoms in total. The van der Waals surface area contributed by atoms with Crippen LogP contribution in [0.3, 0.4) is 0 Å².